The molecule has 0 saturated heterocycles. The highest BCUT2D eigenvalue weighted by atomic mass is 31.2. The Bertz CT molecular complexity index is 404. The largest absolute Gasteiger partial charge is 0.367 e. The molecule has 1 atom stereocenters. The lowest BCUT2D eigenvalue weighted by atomic mass is 9.95. The lowest BCUT2D eigenvalue weighted by Crippen LogP contribution is -2.62. The third kappa shape index (κ3) is 7.35. The van der Waals surface area contributed by atoms with Gasteiger partial charge in [0.2, 0.25) is 0 Å². The van der Waals surface area contributed by atoms with Crippen molar-refractivity contribution in [2.75, 3.05) is 19.4 Å². The topological polar surface area (TPSA) is 128 Å². The van der Waals surface area contributed by atoms with Gasteiger partial charge in [-0.15, -0.1) is 0 Å². The van der Waals surface area contributed by atoms with E-state index in [2.05, 4.69) is 0 Å². The molecule has 0 fully saturated rings. The Balaban J connectivity index is 5.68. The van der Waals surface area contributed by atoms with Crippen LogP contribution in [-0.4, -0.2) is 61.2 Å². The maximum Gasteiger partial charge on any atom is 0.327 e. The van der Waals surface area contributed by atoms with Crippen molar-refractivity contribution in [1.29, 1.82) is 0 Å². The van der Waals surface area contributed by atoms with Crippen LogP contribution in [0.1, 0.15) is 34.6 Å². The Kier molecular flexibility index (Phi) is 6.84. The van der Waals surface area contributed by atoms with E-state index in [0.29, 0.717) is 0 Å². The first-order valence-corrected chi connectivity index (χ1v) is 10.0. The molecule has 0 amide bonds. The summed E-state index contributed by atoms with van der Waals surface area (Å²) in [6.45, 7) is 8.13. The minimum atomic E-state index is -4.30. The monoisotopic (exact) mass is 347 g/mol. The Morgan fingerprint density at radius 1 is 0.952 bits per heavy atom. The van der Waals surface area contributed by atoms with Crippen LogP contribution in [0, 0.1) is 0 Å². The predicted molar refractivity (Wildman–Crippen MR) is 80.3 cm³/mol. The molecular formula is C11H27NO7P2. The number of rotatable bonds is 8. The molecule has 0 saturated carbocycles. The molecule has 0 radical (unpaired) electrons. The fraction of sp³-hybridized carbons (Fsp3) is 1.00. The van der Waals surface area contributed by atoms with Gasteiger partial charge in [-0.1, -0.05) is 0 Å². The number of methoxy groups -OCH3 is 1. The van der Waals surface area contributed by atoms with Crippen molar-refractivity contribution in [2.45, 2.75) is 51.9 Å². The van der Waals surface area contributed by atoms with Crippen molar-refractivity contribution in [1.82, 2.24) is 4.90 Å². The van der Waals surface area contributed by atoms with Gasteiger partial charge in [0.15, 0.2) is 0 Å². The van der Waals surface area contributed by atoms with Crippen LogP contribution in [0.4, 0.5) is 0 Å². The summed E-state index contributed by atoms with van der Waals surface area (Å²) >= 11 is 0. The number of hydrogen-bond donors (Lipinski definition) is 4. The molecule has 0 aliphatic rings. The van der Waals surface area contributed by atoms with Gasteiger partial charge in [0.25, 0.3) is 0 Å². The predicted octanol–water partition coefficient (Wildman–Crippen LogP) is 1.19. The van der Waals surface area contributed by atoms with E-state index in [4.69, 9.17) is 4.74 Å². The van der Waals surface area contributed by atoms with Crippen molar-refractivity contribution in [2.24, 2.45) is 0 Å². The number of nitrogens with zero attached hydrogens (tertiary/aromatic N) is 1. The van der Waals surface area contributed by atoms with E-state index in [1.165, 1.54) is 7.11 Å². The van der Waals surface area contributed by atoms with Crippen LogP contribution in [0.25, 0.3) is 0 Å². The molecule has 0 aromatic rings. The summed E-state index contributed by atoms with van der Waals surface area (Å²) in [6, 6.07) is 0. The van der Waals surface area contributed by atoms with Gasteiger partial charge < -0.3 is 24.3 Å². The summed E-state index contributed by atoms with van der Waals surface area (Å²) in [5.41, 5.74) is -2.04. The summed E-state index contributed by atoms with van der Waals surface area (Å²) in [4.78, 5) is 38.6. The van der Waals surface area contributed by atoms with E-state index in [1.54, 1.807) is 39.5 Å². The number of ether oxygens (including phenoxy) is 1. The molecule has 1 unspecified atom stereocenters. The van der Waals surface area contributed by atoms with Crippen LogP contribution in [0.5, 0.6) is 0 Å². The summed E-state index contributed by atoms with van der Waals surface area (Å²) in [6.07, 6.45) is -1.47. The summed E-state index contributed by atoms with van der Waals surface area (Å²) < 4.78 is 27.9. The number of hydrogen-bond acceptors (Lipinski definition) is 4. The van der Waals surface area contributed by atoms with E-state index in [9.17, 15) is 28.7 Å². The van der Waals surface area contributed by atoms with Crippen LogP contribution in [0.2, 0.25) is 0 Å². The van der Waals surface area contributed by atoms with Crippen molar-refractivity contribution in [3.63, 3.8) is 0 Å². The van der Waals surface area contributed by atoms with E-state index >= 15 is 0 Å². The molecule has 128 valence electrons. The molecule has 4 N–H and O–H groups in total. The van der Waals surface area contributed by atoms with Gasteiger partial charge in [0, 0.05) is 18.2 Å². The lowest BCUT2D eigenvalue weighted by Gasteiger charge is -2.51. The van der Waals surface area contributed by atoms with Gasteiger partial charge in [-0.3, -0.25) is 14.0 Å². The van der Waals surface area contributed by atoms with Crippen LogP contribution >= 0.6 is 15.2 Å². The normalized spacial score (nSPS) is 16.3. The van der Waals surface area contributed by atoms with E-state index < -0.39 is 44.8 Å². The van der Waals surface area contributed by atoms with Crippen LogP contribution in [-0.2, 0) is 13.9 Å². The Morgan fingerprint density at radius 3 is 1.43 bits per heavy atom. The fourth-order valence-electron chi connectivity index (χ4n) is 3.07. The zero-order valence-corrected chi connectivity index (χ0v) is 15.1. The van der Waals surface area contributed by atoms with Crippen molar-refractivity contribution in [3.8, 4) is 0 Å². The molecule has 0 aromatic carbocycles. The Labute approximate surface area is 125 Å². The molecule has 10 heteroatoms. The van der Waals surface area contributed by atoms with Crippen LogP contribution < -0.4 is 0 Å². The molecule has 0 spiro atoms. The quantitative estimate of drug-likeness (QED) is 0.381. The molecule has 8 nitrogen and oxygen atoms in total. The first kappa shape index (κ1) is 21.2. The lowest BCUT2D eigenvalue weighted by molar-refractivity contribution is -0.112. The first-order valence-electron chi connectivity index (χ1n) is 6.43. The van der Waals surface area contributed by atoms with Gasteiger partial charge in [0.05, 0.1) is 12.3 Å². The maximum atomic E-state index is 11.3. The molecule has 0 bridgehead atoms. The average Bonchev–Trinajstić information content (AvgIpc) is 2.07. The van der Waals surface area contributed by atoms with Gasteiger partial charge in [-0.25, -0.2) is 0 Å². The standard InChI is InChI=1S/C11H27NO7P2/c1-9(19-6)12(10(2,3)7-20(13,14)15)11(4,5)8-21(16,17)18/h9H,7-8H2,1-6H3,(H2,13,14,15)(H2,16,17,18). The third-order valence-corrected chi connectivity index (χ3v) is 5.57. The van der Waals surface area contributed by atoms with Crippen molar-refractivity contribution >= 4 is 15.2 Å². The molecule has 0 aliphatic heterocycles. The van der Waals surface area contributed by atoms with E-state index in [1.807, 2.05) is 0 Å². The fourth-order valence-corrected chi connectivity index (χ4v) is 5.39. The maximum absolute atomic E-state index is 11.3. The second kappa shape index (κ2) is 6.77. The Morgan fingerprint density at radius 2 is 1.24 bits per heavy atom. The smallest absolute Gasteiger partial charge is 0.327 e. The molecule has 0 rings (SSSR count). The highest BCUT2D eigenvalue weighted by Crippen LogP contribution is 2.46. The molecule has 21 heavy (non-hydrogen) atoms. The first-order chi connectivity index (χ1) is 9.02. The second-order valence-corrected chi connectivity index (χ2v) is 9.77. The van der Waals surface area contributed by atoms with Crippen LogP contribution in [0.15, 0.2) is 0 Å². The molecule has 0 heterocycles. The van der Waals surface area contributed by atoms with Crippen molar-refractivity contribution in [3.05, 3.63) is 0 Å². The third-order valence-electron chi connectivity index (χ3n) is 3.19. The van der Waals surface area contributed by atoms with E-state index in [0.717, 1.165) is 0 Å². The minimum absolute atomic E-state index is 0.446. The van der Waals surface area contributed by atoms with Gasteiger partial charge in [-0.2, -0.15) is 0 Å². The summed E-state index contributed by atoms with van der Waals surface area (Å²) in [7, 11) is -7.18. The highest BCUT2D eigenvalue weighted by molar-refractivity contribution is 7.52. The van der Waals surface area contributed by atoms with Gasteiger partial charge in [0.1, 0.15) is 6.23 Å². The molecular weight excluding hydrogens is 320 g/mol. The zero-order valence-electron chi connectivity index (χ0n) is 13.3. The minimum Gasteiger partial charge on any atom is -0.367 e. The zero-order chi connectivity index (χ0) is 17.3. The van der Waals surface area contributed by atoms with Gasteiger partial charge >= 0.3 is 15.2 Å². The molecule has 0 aliphatic carbocycles. The van der Waals surface area contributed by atoms with Crippen LogP contribution in [0.3, 0.4) is 0 Å². The summed E-state index contributed by atoms with van der Waals surface area (Å²) in [5.74, 6) is 0. The second-order valence-electron chi connectivity index (χ2n) is 6.48. The average molecular weight is 347 g/mol. The highest BCUT2D eigenvalue weighted by Gasteiger charge is 2.46. The van der Waals surface area contributed by atoms with E-state index in [-0.39, 0.29) is 0 Å². The SMILES string of the molecule is COC(C)N(C(C)(C)CP(=O)(O)O)C(C)(C)CP(=O)(O)O. The Hall–Kier alpha value is 0.220. The van der Waals surface area contributed by atoms with Gasteiger partial charge in [-0.05, 0) is 34.6 Å². The summed E-state index contributed by atoms with van der Waals surface area (Å²) in [5, 5.41) is 0. The van der Waals surface area contributed by atoms with Crippen molar-refractivity contribution < 1.29 is 33.4 Å². The molecule has 0 aromatic heterocycles.